The van der Waals surface area contributed by atoms with Gasteiger partial charge in [0.05, 0.1) is 5.01 Å². The molecule has 0 aliphatic carbocycles. The number of guanidine groups is 1. The molecule has 1 aromatic carbocycles. The molecule has 2 aromatic rings. The first-order valence-electron chi connectivity index (χ1n) is 7.84. The second-order valence-corrected chi connectivity index (χ2v) is 6.29. The van der Waals surface area contributed by atoms with E-state index in [9.17, 15) is 4.39 Å². The maximum absolute atomic E-state index is 13.5. The van der Waals surface area contributed by atoms with Crippen molar-refractivity contribution in [2.45, 2.75) is 26.2 Å². The van der Waals surface area contributed by atoms with Crippen LogP contribution in [-0.2, 0) is 19.3 Å². The van der Waals surface area contributed by atoms with Crippen molar-refractivity contribution in [3.8, 4) is 0 Å². The fraction of sp³-hybridized carbons (Fsp3) is 0.412. The van der Waals surface area contributed by atoms with E-state index in [2.05, 4.69) is 27.5 Å². The summed E-state index contributed by atoms with van der Waals surface area (Å²) in [6, 6.07) is 6.85. The molecule has 0 spiro atoms. The molecule has 0 aliphatic rings. The average molecular weight is 334 g/mol. The highest BCUT2D eigenvalue weighted by molar-refractivity contribution is 7.11. The van der Waals surface area contributed by atoms with E-state index in [0.717, 1.165) is 30.4 Å². The van der Waals surface area contributed by atoms with Gasteiger partial charge >= 0.3 is 0 Å². The maximum atomic E-state index is 13.5. The van der Waals surface area contributed by atoms with Gasteiger partial charge in [-0.1, -0.05) is 25.1 Å². The molecule has 0 radical (unpaired) electrons. The van der Waals surface area contributed by atoms with Crippen LogP contribution in [0, 0.1) is 5.82 Å². The summed E-state index contributed by atoms with van der Waals surface area (Å²) in [6.45, 7) is 3.55. The van der Waals surface area contributed by atoms with Gasteiger partial charge in [-0.2, -0.15) is 0 Å². The molecule has 0 saturated heterocycles. The molecule has 6 heteroatoms. The number of thiazole rings is 1. The lowest BCUT2D eigenvalue weighted by atomic mass is 10.1. The van der Waals surface area contributed by atoms with Gasteiger partial charge in [0.15, 0.2) is 5.96 Å². The molecule has 23 heavy (non-hydrogen) atoms. The number of aryl methyl sites for hydroxylation is 1. The van der Waals surface area contributed by atoms with Crippen LogP contribution in [0.2, 0.25) is 0 Å². The summed E-state index contributed by atoms with van der Waals surface area (Å²) in [7, 11) is 1.73. The van der Waals surface area contributed by atoms with Crippen LogP contribution in [0.3, 0.4) is 0 Å². The average Bonchev–Trinajstić information content (AvgIpc) is 3.03. The minimum absolute atomic E-state index is 0.159. The minimum Gasteiger partial charge on any atom is -0.356 e. The molecule has 1 aromatic heterocycles. The van der Waals surface area contributed by atoms with Crippen LogP contribution in [0.25, 0.3) is 0 Å². The predicted molar refractivity (Wildman–Crippen MR) is 94.7 cm³/mol. The standard InChI is InChI=1S/C17H23FN4S/c1-3-14-12-22-16(23-14)9-11-21-17(19-2)20-10-8-13-6-4-5-7-15(13)18/h4-7,12H,3,8-11H2,1-2H3,(H2,19,20,21). The molecule has 1 heterocycles. The van der Waals surface area contributed by atoms with Crippen LogP contribution in [0.1, 0.15) is 22.4 Å². The Labute approximate surface area is 140 Å². The maximum Gasteiger partial charge on any atom is 0.191 e. The van der Waals surface area contributed by atoms with Crippen LogP contribution in [0.15, 0.2) is 35.5 Å². The largest absolute Gasteiger partial charge is 0.356 e. The van der Waals surface area contributed by atoms with Crippen molar-refractivity contribution in [3.63, 3.8) is 0 Å². The van der Waals surface area contributed by atoms with Crippen molar-refractivity contribution < 1.29 is 4.39 Å². The fourth-order valence-electron chi connectivity index (χ4n) is 2.15. The van der Waals surface area contributed by atoms with Gasteiger partial charge in [-0.3, -0.25) is 4.99 Å². The molecular formula is C17H23FN4S. The van der Waals surface area contributed by atoms with E-state index in [4.69, 9.17) is 0 Å². The van der Waals surface area contributed by atoms with E-state index in [1.807, 2.05) is 12.3 Å². The number of rotatable bonds is 7. The third-order valence-electron chi connectivity index (χ3n) is 3.45. The van der Waals surface area contributed by atoms with Gasteiger partial charge in [0, 0.05) is 37.6 Å². The van der Waals surface area contributed by atoms with Gasteiger partial charge in [0.1, 0.15) is 5.82 Å². The molecule has 0 saturated carbocycles. The van der Waals surface area contributed by atoms with Gasteiger partial charge < -0.3 is 10.6 Å². The zero-order valence-electron chi connectivity index (χ0n) is 13.6. The Balaban J connectivity index is 1.70. The number of hydrogen-bond acceptors (Lipinski definition) is 3. The van der Waals surface area contributed by atoms with Crippen molar-refractivity contribution in [2.75, 3.05) is 20.1 Å². The zero-order valence-corrected chi connectivity index (χ0v) is 14.4. The third-order valence-corrected chi connectivity index (χ3v) is 4.65. The van der Waals surface area contributed by atoms with E-state index < -0.39 is 0 Å². The first-order valence-corrected chi connectivity index (χ1v) is 8.66. The lowest BCUT2D eigenvalue weighted by Crippen LogP contribution is -2.39. The minimum atomic E-state index is -0.159. The zero-order chi connectivity index (χ0) is 16.5. The van der Waals surface area contributed by atoms with Gasteiger partial charge in [-0.25, -0.2) is 9.37 Å². The normalized spacial score (nSPS) is 11.5. The Morgan fingerprint density at radius 3 is 2.61 bits per heavy atom. The smallest absolute Gasteiger partial charge is 0.191 e. The Morgan fingerprint density at radius 2 is 1.96 bits per heavy atom. The molecule has 0 fully saturated rings. The van der Waals surface area contributed by atoms with E-state index in [1.54, 1.807) is 30.5 Å². The molecule has 0 bridgehead atoms. The van der Waals surface area contributed by atoms with Crippen molar-refractivity contribution >= 4 is 17.3 Å². The molecule has 2 N–H and O–H groups in total. The van der Waals surface area contributed by atoms with Crippen molar-refractivity contribution in [3.05, 3.63) is 51.7 Å². The first-order chi connectivity index (χ1) is 11.2. The Bertz CT molecular complexity index is 639. The summed E-state index contributed by atoms with van der Waals surface area (Å²) in [5.41, 5.74) is 0.713. The van der Waals surface area contributed by atoms with Gasteiger partial charge in [0.25, 0.3) is 0 Å². The summed E-state index contributed by atoms with van der Waals surface area (Å²) in [5, 5.41) is 7.60. The van der Waals surface area contributed by atoms with Crippen LogP contribution < -0.4 is 10.6 Å². The van der Waals surface area contributed by atoms with E-state index >= 15 is 0 Å². The highest BCUT2D eigenvalue weighted by atomic mass is 32.1. The SMILES string of the molecule is CCc1cnc(CCNC(=NC)NCCc2ccccc2F)s1. The summed E-state index contributed by atoms with van der Waals surface area (Å²) in [5.74, 6) is 0.571. The van der Waals surface area contributed by atoms with Crippen molar-refractivity contribution in [2.24, 2.45) is 4.99 Å². The van der Waals surface area contributed by atoms with Gasteiger partial charge in [-0.15, -0.1) is 11.3 Å². The monoisotopic (exact) mass is 334 g/mol. The molecule has 0 unspecified atom stereocenters. The highest BCUT2D eigenvalue weighted by Crippen LogP contribution is 2.13. The summed E-state index contributed by atoms with van der Waals surface area (Å²) in [4.78, 5) is 9.89. The number of halogens is 1. The second-order valence-electron chi connectivity index (χ2n) is 5.09. The van der Waals surface area contributed by atoms with E-state index in [1.165, 1.54) is 10.9 Å². The van der Waals surface area contributed by atoms with Gasteiger partial charge in [-0.05, 0) is 24.5 Å². The third kappa shape index (κ3) is 5.63. The molecule has 0 amide bonds. The molecule has 0 aliphatic heterocycles. The topological polar surface area (TPSA) is 49.3 Å². The first kappa shape index (κ1) is 17.4. The number of hydrogen-bond donors (Lipinski definition) is 2. The number of nitrogens with zero attached hydrogens (tertiary/aromatic N) is 2. The number of benzene rings is 1. The Hall–Kier alpha value is -1.95. The summed E-state index contributed by atoms with van der Waals surface area (Å²) < 4.78 is 13.5. The van der Waals surface area contributed by atoms with Crippen LogP contribution >= 0.6 is 11.3 Å². The van der Waals surface area contributed by atoms with Crippen molar-refractivity contribution in [1.82, 2.24) is 15.6 Å². The number of aromatic nitrogens is 1. The predicted octanol–water partition coefficient (Wildman–Crippen LogP) is 2.79. The van der Waals surface area contributed by atoms with Crippen molar-refractivity contribution in [1.29, 1.82) is 0 Å². The molecule has 4 nitrogen and oxygen atoms in total. The van der Waals surface area contributed by atoms with Crippen LogP contribution in [-0.4, -0.2) is 31.1 Å². The van der Waals surface area contributed by atoms with E-state index in [-0.39, 0.29) is 5.82 Å². The lowest BCUT2D eigenvalue weighted by molar-refractivity contribution is 0.606. The fourth-order valence-corrected chi connectivity index (χ4v) is 3.01. The number of nitrogens with one attached hydrogen (secondary N) is 2. The summed E-state index contributed by atoms with van der Waals surface area (Å²) in [6.07, 6.45) is 4.48. The quantitative estimate of drug-likeness (QED) is 0.605. The Morgan fingerprint density at radius 1 is 1.22 bits per heavy atom. The van der Waals surface area contributed by atoms with Crippen LogP contribution in [0.5, 0.6) is 0 Å². The highest BCUT2D eigenvalue weighted by Gasteiger charge is 2.03. The van der Waals surface area contributed by atoms with Crippen LogP contribution in [0.4, 0.5) is 4.39 Å². The summed E-state index contributed by atoms with van der Waals surface area (Å²) >= 11 is 1.76. The second kappa shape index (κ2) is 9.25. The molecule has 2 rings (SSSR count). The molecule has 0 atom stereocenters. The molecular weight excluding hydrogens is 311 g/mol. The van der Waals surface area contributed by atoms with Gasteiger partial charge in [0.2, 0.25) is 0 Å². The number of aliphatic imine (C=N–C) groups is 1. The molecule has 124 valence electrons. The lowest BCUT2D eigenvalue weighted by Gasteiger charge is -2.11. The van der Waals surface area contributed by atoms with E-state index in [0.29, 0.717) is 18.5 Å². The Kier molecular flexibility index (Phi) is 7.00.